The highest BCUT2D eigenvalue weighted by atomic mass is 16.5. The normalized spacial score (nSPS) is 11.3. The van der Waals surface area contributed by atoms with E-state index in [-0.39, 0.29) is 6.61 Å². The topological polar surface area (TPSA) is 117 Å². The summed E-state index contributed by atoms with van der Waals surface area (Å²) in [5.41, 5.74) is 5.79. The number of amides is 1. The third kappa shape index (κ3) is 5.14. The molecule has 0 aliphatic carbocycles. The zero-order valence-electron chi connectivity index (χ0n) is 19.2. The highest BCUT2D eigenvalue weighted by Gasteiger charge is 2.18. The van der Waals surface area contributed by atoms with E-state index < -0.39 is 11.4 Å². The summed E-state index contributed by atoms with van der Waals surface area (Å²) in [4.78, 5) is 20.7. The minimum atomic E-state index is -0.594. The van der Waals surface area contributed by atoms with Crippen LogP contribution in [-0.2, 0) is 0 Å². The second-order valence-corrected chi connectivity index (χ2v) is 8.70. The van der Waals surface area contributed by atoms with Crippen molar-refractivity contribution in [3.8, 4) is 22.9 Å². The number of rotatable bonds is 7. The average molecular weight is 459 g/mol. The minimum absolute atomic E-state index is 0.0166. The van der Waals surface area contributed by atoms with Gasteiger partial charge in [-0.1, -0.05) is 12.1 Å². The lowest BCUT2D eigenvalue weighted by molar-refractivity contribution is 0.0706. The highest BCUT2D eigenvalue weighted by Crippen LogP contribution is 2.31. The van der Waals surface area contributed by atoms with Gasteiger partial charge in [0.2, 0.25) is 5.88 Å². The van der Waals surface area contributed by atoms with Gasteiger partial charge < -0.3 is 15.2 Å². The molecule has 0 aliphatic heterocycles. The number of hydrogen-bond acceptors (Lipinski definition) is 7. The largest absolute Gasteiger partial charge is 0.439 e. The van der Waals surface area contributed by atoms with Gasteiger partial charge in [-0.05, 0) is 68.8 Å². The molecule has 1 amide bonds. The van der Waals surface area contributed by atoms with Crippen LogP contribution >= 0.6 is 0 Å². The quantitative estimate of drug-likeness (QED) is 0.234. The predicted molar refractivity (Wildman–Crippen MR) is 130 cm³/mol. The third-order valence-corrected chi connectivity index (χ3v) is 5.31. The molecule has 4 aromatic rings. The monoisotopic (exact) mass is 458 g/mol. The second-order valence-electron chi connectivity index (χ2n) is 8.70. The lowest BCUT2D eigenvalue weighted by atomic mass is 10.0. The molecule has 0 saturated heterocycles. The summed E-state index contributed by atoms with van der Waals surface area (Å²) < 4.78 is 5.76. The number of aliphatic hydroxyl groups is 1. The first-order valence-electron chi connectivity index (χ1n) is 10.8. The maximum Gasteiger partial charge on any atom is 0.274 e. The van der Waals surface area contributed by atoms with Gasteiger partial charge in [0, 0.05) is 34.5 Å². The molecule has 0 aliphatic rings. The molecule has 34 heavy (non-hydrogen) atoms. The van der Waals surface area contributed by atoms with Crippen LogP contribution in [0.3, 0.4) is 0 Å². The Morgan fingerprint density at radius 2 is 1.82 bits per heavy atom. The molecule has 4 rings (SSSR count). The Kier molecular flexibility index (Phi) is 6.45. The number of ether oxygens (including phenoxy) is 1. The van der Waals surface area contributed by atoms with Gasteiger partial charge in [0.25, 0.3) is 5.91 Å². The molecular weight excluding hydrogens is 432 g/mol. The van der Waals surface area contributed by atoms with E-state index in [4.69, 9.17) is 14.9 Å². The number of benzene rings is 2. The molecule has 4 N–H and O–H groups in total. The van der Waals surface area contributed by atoms with Crippen molar-refractivity contribution in [2.75, 3.05) is 11.9 Å². The van der Waals surface area contributed by atoms with Crippen molar-refractivity contribution in [1.29, 1.82) is 0 Å². The van der Waals surface area contributed by atoms with Gasteiger partial charge >= 0.3 is 0 Å². The molecule has 0 unspecified atom stereocenters. The fourth-order valence-corrected chi connectivity index (χ4v) is 3.45. The molecule has 174 valence electrons. The molecule has 8 heteroatoms. The van der Waals surface area contributed by atoms with E-state index in [0.717, 1.165) is 33.4 Å². The summed E-state index contributed by atoms with van der Waals surface area (Å²) in [5, 5.41) is 22.8. The first-order chi connectivity index (χ1) is 16.3. The van der Waals surface area contributed by atoms with Crippen LogP contribution in [0.15, 0.2) is 66.9 Å². The van der Waals surface area contributed by atoms with E-state index >= 15 is 0 Å². The van der Waals surface area contributed by atoms with Gasteiger partial charge in [0.05, 0.1) is 23.4 Å². The van der Waals surface area contributed by atoms with Gasteiger partial charge in [0.1, 0.15) is 5.75 Å². The molecule has 2 aromatic carbocycles. The maximum absolute atomic E-state index is 11.4. The molecule has 8 nitrogen and oxygen atoms in total. The number of aliphatic hydroxyl groups excluding tert-OH is 1. The van der Waals surface area contributed by atoms with E-state index in [2.05, 4.69) is 10.3 Å². The first-order valence-corrected chi connectivity index (χ1v) is 10.8. The van der Waals surface area contributed by atoms with Crippen molar-refractivity contribution in [3.05, 3.63) is 78.0 Å². The summed E-state index contributed by atoms with van der Waals surface area (Å²) in [7, 11) is 0. The Balaban J connectivity index is 1.62. The molecule has 0 radical (unpaired) electrons. The van der Waals surface area contributed by atoms with Crippen LogP contribution < -0.4 is 15.5 Å². The number of carbonyl (C=O) groups excluding carboxylic acids is 1. The smallest absolute Gasteiger partial charge is 0.274 e. The number of aryl methyl sites for hydroxylation is 1. The Morgan fingerprint density at radius 1 is 1.06 bits per heavy atom. The lowest BCUT2D eigenvalue weighted by Crippen LogP contribution is -2.35. The number of anilines is 1. The fraction of sp³-hybridized carbons (Fsp3) is 0.192. The van der Waals surface area contributed by atoms with E-state index in [9.17, 15) is 9.90 Å². The molecule has 0 spiro atoms. The van der Waals surface area contributed by atoms with Crippen LogP contribution in [0.1, 0.15) is 29.8 Å². The Bertz CT molecular complexity index is 1320. The van der Waals surface area contributed by atoms with Crippen LogP contribution in [0.4, 0.5) is 5.69 Å². The van der Waals surface area contributed by atoms with Gasteiger partial charge in [-0.2, -0.15) is 0 Å². The number of aromatic nitrogens is 2. The number of carbonyl (C=O) groups is 1. The van der Waals surface area contributed by atoms with Crippen molar-refractivity contribution in [2.45, 2.75) is 26.3 Å². The molecule has 2 aromatic heterocycles. The molecular formula is C26H26N4O4. The number of hydroxylamine groups is 1. The molecule has 0 atom stereocenters. The summed E-state index contributed by atoms with van der Waals surface area (Å²) in [6.07, 6.45) is 1.69. The number of nitrogens with zero attached hydrogens (tertiary/aromatic N) is 2. The summed E-state index contributed by atoms with van der Waals surface area (Å²) in [6.45, 7) is 5.87. The van der Waals surface area contributed by atoms with Crippen molar-refractivity contribution < 1.29 is 19.8 Å². The average Bonchev–Trinajstić information content (AvgIpc) is 2.84. The van der Waals surface area contributed by atoms with Gasteiger partial charge in [-0.15, -0.1) is 0 Å². The van der Waals surface area contributed by atoms with Crippen LogP contribution in [0.2, 0.25) is 0 Å². The highest BCUT2D eigenvalue weighted by molar-refractivity contribution is 5.94. The standard InChI is InChI=1S/C26H26N4O4/c1-16-4-10-20-22(12-16)28-21(13-23(20)29-26(2,3)15-31)18-7-11-24(27-14-18)34-19-8-5-17(6-9-19)25(32)30-33/h4-14,31,33H,15H2,1-3H3,(H,28,29)(H,30,32). The van der Waals surface area contributed by atoms with E-state index in [1.807, 2.05) is 51.1 Å². The summed E-state index contributed by atoms with van der Waals surface area (Å²) in [5.74, 6) is 0.301. The maximum atomic E-state index is 11.4. The summed E-state index contributed by atoms with van der Waals surface area (Å²) in [6, 6.07) is 18.0. The number of pyridine rings is 2. The fourth-order valence-electron chi connectivity index (χ4n) is 3.45. The molecule has 0 bridgehead atoms. The number of hydrogen-bond donors (Lipinski definition) is 4. The predicted octanol–water partition coefficient (Wildman–Crippen LogP) is 4.70. The van der Waals surface area contributed by atoms with Crippen molar-refractivity contribution >= 4 is 22.5 Å². The first kappa shape index (κ1) is 23.2. The van der Waals surface area contributed by atoms with Crippen LogP contribution in [-0.4, -0.2) is 38.3 Å². The van der Waals surface area contributed by atoms with Crippen LogP contribution in [0.25, 0.3) is 22.2 Å². The van der Waals surface area contributed by atoms with E-state index in [0.29, 0.717) is 17.2 Å². The van der Waals surface area contributed by atoms with Gasteiger partial charge in [0.15, 0.2) is 0 Å². The van der Waals surface area contributed by atoms with Crippen molar-refractivity contribution in [1.82, 2.24) is 15.4 Å². The summed E-state index contributed by atoms with van der Waals surface area (Å²) >= 11 is 0. The molecule has 0 fully saturated rings. The molecule has 2 heterocycles. The van der Waals surface area contributed by atoms with Crippen molar-refractivity contribution in [2.24, 2.45) is 0 Å². The SMILES string of the molecule is Cc1ccc2c(NC(C)(C)CO)cc(-c3ccc(Oc4ccc(C(=O)NO)cc4)nc3)nc2c1. The number of nitrogens with one attached hydrogen (secondary N) is 2. The van der Waals surface area contributed by atoms with Crippen molar-refractivity contribution in [3.63, 3.8) is 0 Å². The second kappa shape index (κ2) is 9.46. The number of fused-ring (bicyclic) bond motifs is 1. The minimum Gasteiger partial charge on any atom is -0.439 e. The molecule has 0 saturated carbocycles. The Hall–Kier alpha value is -4.01. The van der Waals surface area contributed by atoms with Crippen LogP contribution in [0.5, 0.6) is 11.6 Å². The lowest BCUT2D eigenvalue weighted by Gasteiger charge is -2.26. The Labute approximate surface area is 197 Å². The van der Waals surface area contributed by atoms with E-state index in [1.165, 1.54) is 0 Å². The van der Waals surface area contributed by atoms with Gasteiger partial charge in [-0.3, -0.25) is 10.0 Å². The zero-order chi connectivity index (χ0) is 24.3. The Morgan fingerprint density at radius 3 is 2.47 bits per heavy atom. The van der Waals surface area contributed by atoms with Gasteiger partial charge in [-0.25, -0.2) is 15.4 Å². The third-order valence-electron chi connectivity index (χ3n) is 5.31. The zero-order valence-corrected chi connectivity index (χ0v) is 19.2. The van der Waals surface area contributed by atoms with E-state index in [1.54, 1.807) is 42.0 Å². The van der Waals surface area contributed by atoms with Crippen LogP contribution in [0, 0.1) is 6.92 Å².